The van der Waals surface area contributed by atoms with E-state index in [1.54, 1.807) is 17.0 Å². The van der Waals surface area contributed by atoms with E-state index in [-0.39, 0.29) is 18.0 Å². The van der Waals surface area contributed by atoms with E-state index >= 15 is 0 Å². The number of anilines is 1. The summed E-state index contributed by atoms with van der Waals surface area (Å²) in [7, 11) is 1.36. The fraction of sp³-hybridized carbons (Fsp3) is 0.241. The van der Waals surface area contributed by atoms with Gasteiger partial charge in [0.2, 0.25) is 0 Å². The monoisotopic (exact) mass is 469 g/mol. The molecule has 6 nitrogen and oxygen atoms in total. The number of carbonyl (C=O) groups excluding carboxylic acids is 2. The van der Waals surface area contributed by atoms with Gasteiger partial charge in [0.05, 0.1) is 24.9 Å². The predicted molar refractivity (Wildman–Crippen MR) is 132 cm³/mol. The van der Waals surface area contributed by atoms with Crippen molar-refractivity contribution in [2.24, 2.45) is 0 Å². The zero-order valence-electron chi connectivity index (χ0n) is 19.8. The van der Waals surface area contributed by atoms with Crippen molar-refractivity contribution in [1.82, 2.24) is 0 Å². The van der Waals surface area contributed by atoms with Crippen LogP contribution in [0, 0.1) is 0 Å². The second kappa shape index (κ2) is 9.39. The molecule has 0 aromatic heterocycles. The van der Waals surface area contributed by atoms with Gasteiger partial charge in [-0.2, -0.15) is 0 Å². The van der Waals surface area contributed by atoms with Crippen molar-refractivity contribution in [3.8, 4) is 5.75 Å². The van der Waals surface area contributed by atoms with E-state index < -0.39 is 5.60 Å². The lowest BCUT2D eigenvalue weighted by atomic mass is 9.85. The van der Waals surface area contributed by atoms with Crippen molar-refractivity contribution in [1.29, 1.82) is 0 Å². The van der Waals surface area contributed by atoms with Crippen molar-refractivity contribution in [2.75, 3.05) is 18.6 Å². The molecule has 3 aromatic carbocycles. The number of hydrogen-bond acceptors (Lipinski definition) is 5. The molecular formula is C29H27NO5. The maximum Gasteiger partial charge on any atom is 0.337 e. The van der Waals surface area contributed by atoms with Gasteiger partial charge in [0.1, 0.15) is 18.5 Å². The number of para-hydroxylation sites is 2. The van der Waals surface area contributed by atoms with Crippen LogP contribution in [0.15, 0.2) is 90.5 Å². The van der Waals surface area contributed by atoms with Gasteiger partial charge < -0.3 is 19.1 Å². The van der Waals surface area contributed by atoms with Gasteiger partial charge in [-0.1, -0.05) is 60.2 Å². The number of methoxy groups -OCH3 is 1. The molecule has 0 bridgehead atoms. The summed E-state index contributed by atoms with van der Waals surface area (Å²) in [5.41, 5.74) is 3.08. The average molecular weight is 470 g/mol. The number of fused-ring (bicyclic) bond motifs is 2. The van der Waals surface area contributed by atoms with Crippen LogP contribution in [0.5, 0.6) is 5.75 Å². The number of nitrogens with zero attached hydrogens (tertiary/aromatic N) is 1. The molecular weight excluding hydrogens is 442 g/mol. The Bertz CT molecular complexity index is 1270. The summed E-state index contributed by atoms with van der Waals surface area (Å²) in [5.74, 6) is 0.282. The molecule has 2 aliphatic rings. The molecule has 0 aliphatic carbocycles. The topological polar surface area (TPSA) is 65.1 Å². The molecule has 2 heterocycles. The number of amides is 1. The first-order valence-corrected chi connectivity index (χ1v) is 11.6. The Kier molecular flexibility index (Phi) is 6.14. The van der Waals surface area contributed by atoms with Gasteiger partial charge in [0.15, 0.2) is 5.60 Å². The van der Waals surface area contributed by atoms with Crippen LogP contribution in [0.25, 0.3) is 0 Å². The molecule has 5 rings (SSSR count). The molecule has 1 spiro atoms. The first-order chi connectivity index (χ1) is 17.0. The van der Waals surface area contributed by atoms with Gasteiger partial charge in [-0.25, -0.2) is 4.79 Å². The Labute approximate surface area is 204 Å². The Hall–Kier alpha value is -3.90. The molecule has 35 heavy (non-hydrogen) atoms. The smallest absolute Gasteiger partial charge is 0.337 e. The van der Waals surface area contributed by atoms with Crippen molar-refractivity contribution in [2.45, 2.75) is 31.6 Å². The van der Waals surface area contributed by atoms with Gasteiger partial charge in [-0.15, -0.1) is 0 Å². The van der Waals surface area contributed by atoms with Gasteiger partial charge in [-0.05, 0) is 42.8 Å². The number of esters is 1. The molecule has 1 amide bonds. The second-order valence-electron chi connectivity index (χ2n) is 8.89. The lowest BCUT2D eigenvalue weighted by Crippen LogP contribution is -2.47. The molecule has 2 atom stereocenters. The minimum atomic E-state index is -1.09. The summed E-state index contributed by atoms with van der Waals surface area (Å²) in [4.78, 5) is 27.5. The van der Waals surface area contributed by atoms with E-state index in [0.717, 1.165) is 28.1 Å². The van der Waals surface area contributed by atoms with E-state index in [1.807, 2.05) is 79.7 Å². The normalized spacial score (nSPS) is 21.0. The maximum atomic E-state index is 14.0. The molecule has 178 valence electrons. The Balaban J connectivity index is 1.41. The van der Waals surface area contributed by atoms with Gasteiger partial charge in [-0.3, -0.25) is 4.79 Å². The molecule has 2 unspecified atom stereocenters. The lowest BCUT2D eigenvalue weighted by molar-refractivity contribution is -0.153. The molecule has 0 fully saturated rings. The van der Waals surface area contributed by atoms with E-state index in [0.29, 0.717) is 25.1 Å². The number of ether oxygens (including phenoxy) is 3. The van der Waals surface area contributed by atoms with Crippen molar-refractivity contribution in [3.63, 3.8) is 0 Å². The van der Waals surface area contributed by atoms with Crippen LogP contribution in [-0.2, 0) is 26.4 Å². The summed E-state index contributed by atoms with van der Waals surface area (Å²) in [6, 6.07) is 24.5. The lowest BCUT2D eigenvalue weighted by Gasteiger charge is -2.36. The van der Waals surface area contributed by atoms with Crippen LogP contribution in [0.4, 0.5) is 5.69 Å². The zero-order valence-corrected chi connectivity index (χ0v) is 19.8. The summed E-state index contributed by atoms with van der Waals surface area (Å²) >= 11 is 0. The van der Waals surface area contributed by atoms with Crippen LogP contribution in [0.3, 0.4) is 0 Å². The Morgan fingerprint density at radius 1 is 1.03 bits per heavy atom. The van der Waals surface area contributed by atoms with Crippen molar-refractivity contribution < 1.29 is 23.8 Å². The van der Waals surface area contributed by atoms with Gasteiger partial charge in [0, 0.05) is 12.0 Å². The third-order valence-electron chi connectivity index (χ3n) is 6.44. The highest BCUT2D eigenvalue weighted by Gasteiger charge is 2.54. The van der Waals surface area contributed by atoms with E-state index in [9.17, 15) is 9.59 Å². The maximum absolute atomic E-state index is 14.0. The Morgan fingerprint density at radius 2 is 1.74 bits per heavy atom. The quantitative estimate of drug-likeness (QED) is 0.374. The molecule has 2 aliphatic heterocycles. The molecule has 3 aromatic rings. The molecule has 6 heteroatoms. The predicted octanol–water partition coefficient (Wildman–Crippen LogP) is 5.03. The van der Waals surface area contributed by atoms with Crippen LogP contribution in [-0.4, -0.2) is 31.7 Å². The van der Waals surface area contributed by atoms with Gasteiger partial charge in [0.25, 0.3) is 5.91 Å². The Morgan fingerprint density at radius 3 is 2.49 bits per heavy atom. The fourth-order valence-corrected chi connectivity index (χ4v) is 4.86. The van der Waals surface area contributed by atoms with Gasteiger partial charge >= 0.3 is 5.97 Å². The first kappa shape index (κ1) is 22.9. The van der Waals surface area contributed by atoms with Crippen LogP contribution >= 0.6 is 0 Å². The minimum absolute atomic E-state index is 0.0899. The van der Waals surface area contributed by atoms with Crippen LogP contribution in [0.2, 0.25) is 0 Å². The third kappa shape index (κ3) is 4.33. The number of carbonyl (C=O) groups is 2. The number of rotatable bonds is 6. The largest absolute Gasteiger partial charge is 0.491 e. The zero-order chi connectivity index (χ0) is 24.4. The summed E-state index contributed by atoms with van der Waals surface area (Å²) in [6.45, 7) is 2.72. The number of hydrogen-bond donors (Lipinski definition) is 0. The minimum Gasteiger partial charge on any atom is -0.491 e. The highest BCUT2D eigenvalue weighted by Crippen LogP contribution is 2.49. The average Bonchev–Trinajstić information content (AvgIpc) is 3.10. The number of benzene rings is 3. The molecule has 0 radical (unpaired) electrons. The van der Waals surface area contributed by atoms with E-state index in [2.05, 4.69) is 0 Å². The van der Waals surface area contributed by atoms with E-state index in [1.165, 1.54) is 7.11 Å². The van der Waals surface area contributed by atoms with E-state index in [4.69, 9.17) is 14.2 Å². The SMILES string of the molecule is COC(=O)c1ccc(CN2C(=O)C3(CC(C)=CC(COc4ccccc4)O3)c3ccccc32)cc1. The summed E-state index contributed by atoms with van der Waals surface area (Å²) in [6.07, 6.45) is 2.17. The standard InChI is InChI=1S/C29H27NO5/c1-20-16-24(19-34-23-8-4-3-5-9-23)35-29(17-20)25-10-6-7-11-26(25)30(28(29)32)18-21-12-14-22(15-13-21)27(31)33-2/h3-16,24H,17-19H2,1-2H3. The van der Waals surface area contributed by atoms with Crippen LogP contribution in [0.1, 0.15) is 34.8 Å². The first-order valence-electron chi connectivity index (χ1n) is 11.6. The fourth-order valence-electron chi connectivity index (χ4n) is 4.86. The van der Waals surface area contributed by atoms with Crippen molar-refractivity contribution in [3.05, 3.63) is 107 Å². The molecule has 0 N–H and O–H groups in total. The third-order valence-corrected chi connectivity index (χ3v) is 6.44. The highest BCUT2D eigenvalue weighted by molar-refractivity contribution is 6.07. The van der Waals surface area contributed by atoms with Crippen molar-refractivity contribution >= 4 is 17.6 Å². The summed E-state index contributed by atoms with van der Waals surface area (Å²) in [5, 5.41) is 0. The second-order valence-corrected chi connectivity index (χ2v) is 8.89. The van der Waals surface area contributed by atoms with Crippen LogP contribution < -0.4 is 9.64 Å². The molecule has 0 saturated carbocycles. The highest BCUT2D eigenvalue weighted by atomic mass is 16.6. The molecule has 0 saturated heterocycles. The summed E-state index contributed by atoms with van der Waals surface area (Å²) < 4.78 is 17.3.